The third kappa shape index (κ3) is 11.6. The van der Waals surface area contributed by atoms with Gasteiger partial charge in [-0.3, -0.25) is 5.26 Å². The van der Waals surface area contributed by atoms with Gasteiger partial charge in [-0.15, -0.1) is 22.1 Å². The van der Waals surface area contributed by atoms with Crippen molar-refractivity contribution < 1.29 is 59.6 Å². The average molecular weight is 1020 g/mol. The monoisotopic (exact) mass is 1020 g/mol. The zero-order valence-electron chi connectivity index (χ0n) is 42.2. The minimum Gasteiger partial charge on any atom is -0.657 e. The maximum atomic E-state index is 12.6. The van der Waals surface area contributed by atoms with Crippen LogP contribution in [0, 0.1) is 55.4 Å². The van der Waals surface area contributed by atoms with Crippen LogP contribution in [0.3, 0.4) is 0 Å². The Kier molecular flexibility index (Phi) is 16.2. The van der Waals surface area contributed by atoms with Crippen molar-refractivity contribution in [3.05, 3.63) is 181 Å². The number of carbonyl (C=O) groups is 2. The second-order valence-electron chi connectivity index (χ2n) is 18.4. The molecule has 7 aromatic rings. The second-order valence-corrected chi connectivity index (χ2v) is 18.4. The van der Waals surface area contributed by atoms with Crippen molar-refractivity contribution in [1.82, 2.24) is 19.9 Å². The Labute approximate surface area is 436 Å². The smallest absolute Gasteiger partial charge is 0.657 e. The van der Waals surface area contributed by atoms with Gasteiger partial charge in [0.05, 0.1) is 22.8 Å². The largest absolute Gasteiger partial charge is 2.00 e. The van der Waals surface area contributed by atoms with Gasteiger partial charge >= 0.3 is 31.4 Å². The Morgan fingerprint density at radius 1 is 0.507 bits per heavy atom. The van der Waals surface area contributed by atoms with Crippen molar-refractivity contribution in [2.45, 2.75) is 62.3 Å². The molecular formula is C60H54N4O8Zn. The number of allylic oxidation sites excluding steroid dienone is 1. The number of fused-ring (bicyclic) bond motifs is 8. The molecule has 0 amide bonds. The number of hydrogen-bond donors (Lipinski definition) is 4. The number of carboxylic acids is 2. The van der Waals surface area contributed by atoms with Crippen LogP contribution >= 0.6 is 0 Å². The third-order valence-corrected chi connectivity index (χ3v) is 12.2. The van der Waals surface area contributed by atoms with Crippen LogP contribution in [-0.4, -0.2) is 49.2 Å². The van der Waals surface area contributed by atoms with E-state index in [0.29, 0.717) is 50.5 Å². The topological polar surface area (TPSA) is 187 Å². The Morgan fingerprint density at radius 3 is 1.16 bits per heavy atom. The zero-order valence-corrected chi connectivity index (χ0v) is 45.2. The summed E-state index contributed by atoms with van der Waals surface area (Å²) in [7, 11) is 0. The standard InChI is InChI=1S/C56H48N4O4.C4H8O4.Zn/c1-29-15-30(2)20-37(19-29)50-43-9-10-44(57-43)51(38-21-31(3)16-32(4)22-38)46-13-14-48(59-46)53(40-25-35(7)18-36(8)26-40)54-41(27-42(55(61)62)56(63)64)28-49(60-54)52(47-12-11-45(50)58-47)39-23-33(5)17-34(6)24-39;1-2-4(8-6)3-7-5;/h9-28H,1-8H3,(H4,57,58,59,60,61,62,63,64);2,5-6H,3H2,1H3;/q;;+2/p-2. The van der Waals surface area contributed by atoms with Crippen molar-refractivity contribution in [3.8, 4) is 44.5 Å². The van der Waals surface area contributed by atoms with Gasteiger partial charge in [-0.05, 0) is 149 Å². The van der Waals surface area contributed by atoms with Crippen molar-refractivity contribution >= 4 is 64.4 Å². The molecule has 0 spiro atoms. The molecule has 9 rings (SSSR count). The number of aliphatic carboxylic acids is 2. The van der Waals surface area contributed by atoms with Crippen molar-refractivity contribution in [2.24, 2.45) is 0 Å². The van der Waals surface area contributed by atoms with Gasteiger partial charge in [0.1, 0.15) is 12.2 Å². The number of hydrogen-bond acceptors (Lipinski definition) is 8. The molecule has 0 saturated heterocycles. The van der Waals surface area contributed by atoms with E-state index in [4.69, 9.17) is 30.5 Å². The minimum atomic E-state index is -1.56. The molecule has 0 saturated carbocycles. The maximum absolute atomic E-state index is 12.6. The van der Waals surface area contributed by atoms with Crippen LogP contribution in [0.2, 0.25) is 0 Å². The van der Waals surface area contributed by atoms with Gasteiger partial charge in [-0.1, -0.05) is 136 Å². The summed E-state index contributed by atoms with van der Waals surface area (Å²) in [5.74, 6) is -2.95. The van der Waals surface area contributed by atoms with Gasteiger partial charge in [0.2, 0.25) is 0 Å². The first-order valence-electron chi connectivity index (χ1n) is 23.3. The van der Waals surface area contributed by atoms with Gasteiger partial charge < -0.3 is 25.1 Å². The van der Waals surface area contributed by atoms with E-state index in [2.05, 4.69) is 122 Å². The predicted octanol–water partition coefficient (Wildman–Crippen LogP) is 13.5. The maximum Gasteiger partial charge on any atom is 2.00 e. The second kappa shape index (κ2) is 22.3. The molecule has 0 aliphatic carbocycles. The summed E-state index contributed by atoms with van der Waals surface area (Å²) in [6, 6.07) is 31.3. The van der Waals surface area contributed by atoms with E-state index in [1.807, 2.05) is 52.0 Å². The van der Waals surface area contributed by atoms with Crippen molar-refractivity contribution in [3.63, 3.8) is 0 Å². The van der Waals surface area contributed by atoms with Crippen LogP contribution in [0.1, 0.15) is 79.8 Å². The number of aromatic nitrogens is 4. The van der Waals surface area contributed by atoms with E-state index in [0.717, 1.165) is 88.9 Å². The molecule has 5 heterocycles. The Bertz CT molecular complexity index is 3550. The Morgan fingerprint density at radius 2 is 0.849 bits per heavy atom. The number of nitrogens with zero attached hydrogens (tertiary/aromatic N) is 4. The van der Waals surface area contributed by atoms with Crippen LogP contribution in [0.5, 0.6) is 0 Å². The zero-order chi connectivity index (χ0) is 51.5. The van der Waals surface area contributed by atoms with Gasteiger partial charge in [0, 0.05) is 0 Å². The van der Waals surface area contributed by atoms with E-state index in [1.54, 1.807) is 13.0 Å². The number of aryl methyl sites for hydroxylation is 8. The summed E-state index contributed by atoms with van der Waals surface area (Å²) in [5.41, 5.74) is 19.6. The third-order valence-electron chi connectivity index (χ3n) is 12.2. The number of rotatable bonds is 10. The predicted molar refractivity (Wildman–Crippen MR) is 286 cm³/mol. The molecule has 8 bridgehead atoms. The first-order valence-corrected chi connectivity index (χ1v) is 23.3. The van der Waals surface area contributed by atoms with Gasteiger partial charge in [0.15, 0.2) is 5.76 Å². The SMILES string of the molecule is CC=C(COO)OO.Cc1cc(C)cc(-c2c3nc(c(-c4cc(C)cc(C)c4)c4cc(C=C(C(=O)O)C(=O)O)c([n-]4)c(-c4cc(C)cc(C)c4)c4nc(c(-c5cc(C)cc(C)c5)c5ccc2[n-]5)C=C4)C=C3)c1.[Zn+2]. The van der Waals surface area contributed by atoms with Crippen LogP contribution in [-0.2, 0) is 38.8 Å². The summed E-state index contributed by atoms with van der Waals surface area (Å²) < 4.78 is 0. The molecule has 12 nitrogen and oxygen atoms in total. The van der Waals surface area contributed by atoms with Crippen molar-refractivity contribution in [2.75, 3.05) is 6.61 Å². The fourth-order valence-electron chi connectivity index (χ4n) is 9.55. The van der Waals surface area contributed by atoms with Crippen LogP contribution in [0.4, 0.5) is 0 Å². The van der Waals surface area contributed by atoms with E-state index >= 15 is 0 Å². The molecule has 3 aromatic heterocycles. The molecule has 13 heteroatoms. The van der Waals surface area contributed by atoms with Gasteiger partial charge in [-0.2, -0.15) is 0 Å². The quantitative estimate of drug-likeness (QED) is 0.0193. The first kappa shape index (κ1) is 53.0. The first-order chi connectivity index (χ1) is 34.4. The normalized spacial score (nSPS) is 11.7. The summed E-state index contributed by atoms with van der Waals surface area (Å²) >= 11 is 0. The molecule has 4 N–H and O–H groups in total. The number of benzene rings is 4. The fourth-order valence-corrected chi connectivity index (χ4v) is 9.55. The molecule has 73 heavy (non-hydrogen) atoms. The molecule has 0 unspecified atom stereocenters. The molecule has 0 fully saturated rings. The summed E-state index contributed by atoms with van der Waals surface area (Å²) in [6.45, 7) is 18.0. The van der Waals surface area contributed by atoms with E-state index < -0.39 is 17.5 Å². The Hall–Kier alpha value is -7.80. The van der Waals surface area contributed by atoms with E-state index in [-0.39, 0.29) is 31.8 Å². The summed E-state index contributed by atoms with van der Waals surface area (Å²) in [6.07, 6.45) is 10.6. The van der Waals surface area contributed by atoms with Crippen molar-refractivity contribution in [1.29, 1.82) is 0 Å². The van der Waals surface area contributed by atoms with Crippen LogP contribution in [0.15, 0.2) is 108 Å². The molecule has 4 aromatic carbocycles. The fraction of sp³-hybridized carbons (Fsp3) is 0.167. The number of carboxylic acid groups (broad SMARTS) is 2. The van der Waals surface area contributed by atoms with E-state index in [9.17, 15) is 19.8 Å². The molecular weight excluding hydrogens is 970 g/mol. The summed E-state index contributed by atoms with van der Waals surface area (Å²) in [4.78, 5) is 54.2. The minimum absolute atomic E-state index is 0. The summed E-state index contributed by atoms with van der Waals surface area (Å²) in [5, 5.41) is 36.1. The average Bonchev–Trinajstić information content (AvgIpc) is 4.14. The molecule has 0 radical (unpaired) electrons. The van der Waals surface area contributed by atoms with Crippen LogP contribution in [0.25, 0.3) is 97.0 Å². The van der Waals surface area contributed by atoms with Crippen LogP contribution < -0.4 is 9.97 Å². The van der Waals surface area contributed by atoms with E-state index in [1.165, 1.54) is 12.2 Å². The molecule has 364 valence electrons. The molecule has 2 aliphatic heterocycles. The Balaban J connectivity index is 0.000000801. The molecule has 2 aliphatic rings. The van der Waals surface area contributed by atoms with Gasteiger partial charge in [0.25, 0.3) is 0 Å². The van der Waals surface area contributed by atoms with Gasteiger partial charge in [-0.25, -0.2) is 29.7 Å². The molecule has 0 atom stereocenters.